The van der Waals surface area contributed by atoms with Gasteiger partial charge in [0.25, 0.3) is 0 Å². The first-order chi connectivity index (χ1) is 10.7. The summed E-state index contributed by atoms with van der Waals surface area (Å²) in [5, 5.41) is 4.01. The molecule has 0 radical (unpaired) electrons. The van der Waals surface area contributed by atoms with E-state index in [0.717, 1.165) is 30.4 Å². The topological polar surface area (TPSA) is 57.0 Å². The van der Waals surface area contributed by atoms with Crippen molar-refractivity contribution in [3.8, 4) is 17.4 Å². The van der Waals surface area contributed by atoms with E-state index in [-0.39, 0.29) is 23.3 Å². The maximum atomic E-state index is 14.0. The molecule has 22 heavy (non-hydrogen) atoms. The summed E-state index contributed by atoms with van der Waals surface area (Å²) in [6.07, 6.45) is 4.32. The van der Waals surface area contributed by atoms with Gasteiger partial charge < -0.3 is 4.74 Å². The van der Waals surface area contributed by atoms with Gasteiger partial charge in [-0.05, 0) is 18.6 Å². The molecule has 0 aliphatic rings. The second kappa shape index (κ2) is 7.68. The lowest BCUT2D eigenvalue weighted by atomic mass is 10.1. The molecular formula is C16H20FN3O2. The summed E-state index contributed by atoms with van der Waals surface area (Å²) in [6.45, 7) is 2.11. The number of rotatable bonds is 7. The molecule has 0 spiro atoms. The summed E-state index contributed by atoms with van der Waals surface area (Å²) in [5.74, 6) is -0.474. The Labute approximate surface area is 129 Å². The van der Waals surface area contributed by atoms with Crippen LogP contribution in [0.3, 0.4) is 0 Å². The third-order valence-electron chi connectivity index (χ3n) is 3.37. The van der Waals surface area contributed by atoms with E-state index in [0.29, 0.717) is 6.42 Å². The zero-order chi connectivity index (χ0) is 15.9. The molecule has 0 aliphatic heterocycles. The van der Waals surface area contributed by atoms with Gasteiger partial charge in [0.1, 0.15) is 5.82 Å². The highest BCUT2D eigenvalue weighted by molar-refractivity contribution is 5.82. The van der Waals surface area contributed by atoms with Crippen LogP contribution in [0.4, 0.5) is 4.39 Å². The van der Waals surface area contributed by atoms with Crippen LogP contribution in [0.1, 0.15) is 43.8 Å². The van der Waals surface area contributed by atoms with Gasteiger partial charge in [0, 0.05) is 6.42 Å². The highest BCUT2D eigenvalue weighted by Gasteiger charge is 2.20. The predicted octanol–water partition coefficient (Wildman–Crippen LogP) is 3.70. The van der Waals surface area contributed by atoms with Crippen LogP contribution in [0, 0.1) is 5.82 Å². The lowest BCUT2D eigenvalue weighted by molar-refractivity contribution is 0.0883. The minimum absolute atomic E-state index is 0.0557. The Kier molecular flexibility index (Phi) is 5.63. The van der Waals surface area contributed by atoms with Crippen LogP contribution in [0.25, 0.3) is 11.4 Å². The molecule has 2 aromatic rings. The number of hydrogen-bond donors (Lipinski definition) is 0. The molecule has 1 aromatic carbocycles. The fourth-order valence-electron chi connectivity index (χ4n) is 2.18. The fraction of sp³-hybridized carbons (Fsp3) is 0.438. The van der Waals surface area contributed by atoms with E-state index in [1.807, 2.05) is 0 Å². The monoisotopic (exact) mass is 305 g/mol. The largest absolute Gasteiger partial charge is 0.466 e. The number of halogens is 1. The number of methoxy groups -OCH3 is 1. The Balaban J connectivity index is 2.25. The van der Waals surface area contributed by atoms with E-state index in [1.165, 1.54) is 13.2 Å². The summed E-state index contributed by atoms with van der Waals surface area (Å²) < 4.78 is 20.1. The second-order valence-corrected chi connectivity index (χ2v) is 5.02. The number of nitrogens with zero attached hydrogens (tertiary/aromatic N) is 3. The summed E-state index contributed by atoms with van der Waals surface area (Å²) in [5.41, 5.74) is 0.236. The minimum Gasteiger partial charge on any atom is -0.466 e. The van der Waals surface area contributed by atoms with Crippen LogP contribution < -0.4 is 4.74 Å². The molecule has 0 bridgehead atoms. The smallest absolute Gasteiger partial charge is 0.336 e. The zero-order valence-corrected chi connectivity index (χ0v) is 12.9. The molecule has 0 fully saturated rings. The number of carbonyl (C=O) groups excluding carboxylic acids is 1. The number of hydrogen-bond acceptors (Lipinski definition) is 4. The molecule has 0 N–H and O–H groups in total. The summed E-state index contributed by atoms with van der Waals surface area (Å²) in [7, 11) is 1.41. The van der Waals surface area contributed by atoms with E-state index >= 15 is 0 Å². The summed E-state index contributed by atoms with van der Waals surface area (Å²) in [6, 6.07) is 6.23. The van der Waals surface area contributed by atoms with Gasteiger partial charge in [-0.2, -0.15) is 9.67 Å². The second-order valence-electron chi connectivity index (χ2n) is 5.02. The SMILES string of the molecule is CCCCCCC(=O)n1nc(OC)nc1-c1ccccc1F. The first-order valence-corrected chi connectivity index (χ1v) is 7.46. The normalized spacial score (nSPS) is 10.7. The van der Waals surface area contributed by atoms with Crippen molar-refractivity contribution in [2.75, 3.05) is 7.11 Å². The van der Waals surface area contributed by atoms with Crippen LogP contribution >= 0.6 is 0 Å². The van der Waals surface area contributed by atoms with Gasteiger partial charge in [-0.25, -0.2) is 4.39 Å². The van der Waals surface area contributed by atoms with Crippen molar-refractivity contribution in [1.82, 2.24) is 14.8 Å². The van der Waals surface area contributed by atoms with E-state index in [2.05, 4.69) is 17.0 Å². The average molecular weight is 305 g/mol. The minimum atomic E-state index is -0.447. The Bertz CT molecular complexity index is 640. The van der Waals surface area contributed by atoms with Crippen molar-refractivity contribution in [2.24, 2.45) is 0 Å². The number of unbranched alkanes of at least 4 members (excludes halogenated alkanes) is 3. The van der Waals surface area contributed by atoms with Crippen molar-refractivity contribution in [2.45, 2.75) is 39.0 Å². The molecule has 5 nitrogen and oxygen atoms in total. The molecule has 0 amide bonds. The fourth-order valence-corrected chi connectivity index (χ4v) is 2.18. The Morgan fingerprint density at radius 1 is 1.27 bits per heavy atom. The van der Waals surface area contributed by atoms with Crippen LogP contribution in [-0.4, -0.2) is 27.8 Å². The Morgan fingerprint density at radius 3 is 2.73 bits per heavy atom. The highest BCUT2D eigenvalue weighted by Crippen LogP contribution is 2.23. The van der Waals surface area contributed by atoms with Gasteiger partial charge >= 0.3 is 6.01 Å². The lowest BCUT2D eigenvalue weighted by Crippen LogP contribution is -2.14. The quantitative estimate of drug-likeness (QED) is 0.732. The molecular weight excluding hydrogens is 285 g/mol. The van der Waals surface area contributed by atoms with E-state index in [4.69, 9.17) is 4.74 Å². The van der Waals surface area contributed by atoms with Crippen LogP contribution in [-0.2, 0) is 0 Å². The molecule has 0 unspecified atom stereocenters. The number of ether oxygens (including phenoxy) is 1. The van der Waals surface area contributed by atoms with E-state index < -0.39 is 5.82 Å². The molecule has 0 saturated heterocycles. The van der Waals surface area contributed by atoms with Gasteiger partial charge in [0.05, 0.1) is 12.7 Å². The van der Waals surface area contributed by atoms with Crippen molar-refractivity contribution >= 4 is 5.91 Å². The van der Waals surface area contributed by atoms with Crippen LogP contribution in [0.5, 0.6) is 6.01 Å². The van der Waals surface area contributed by atoms with E-state index in [1.54, 1.807) is 18.2 Å². The first kappa shape index (κ1) is 16.1. The van der Waals surface area contributed by atoms with Gasteiger partial charge in [-0.15, -0.1) is 5.10 Å². The number of benzene rings is 1. The maximum absolute atomic E-state index is 14.0. The number of aromatic nitrogens is 3. The van der Waals surface area contributed by atoms with Gasteiger partial charge in [0.15, 0.2) is 5.82 Å². The van der Waals surface area contributed by atoms with Crippen LogP contribution in [0.2, 0.25) is 0 Å². The van der Waals surface area contributed by atoms with Crippen molar-refractivity contribution < 1.29 is 13.9 Å². The lowest BCUT2D eigenvalue weighted by Gasteiger charge is -2.05. The third-order valence-corrected chi connectivity index (χ3v) is 3.37. The zero-order valence-electron chi connectivity index (χ0n) is 12.9. The average Bonchev–Trinajstić information content (AvgIpc) is 2.96. The molecule has 0 aliphatic carbocycles. The first-order valence-electron chi connectivity index (χ1n) is 7.46. The standard InChI is InChI=1S/C16H20FN3O2/c1-3-4-5-6-11-14(21)20-15(18-16(19-20)22-2)12-9-7-8-10-13(12)17/h7-10H,3-6,11H2,1-2H3. The molecule has 0 atom stereocenters. The van der Waals surface area contributed by atoms with Crippen molar-refractivity contribution in [1.29, 1.82) is 0 Å². The van der Waals surface area contributed by atoms with Gasteiger partial charge in [-0.1, -0.05) is 38.3 Å². The predicted molar refractivity (Wildman–Crippen MR) is 81.4 cm³/mol. The summed E-state index contributed by atoms with van der Waals surface area (Å²) in [4.78, 5) is 16.4. The molecule has 0 saturated carbocycles. The van der Waals surface area contributed by atoms with Crippen LogP contribution in [0.15, 0.2) is 24.3 Å². The van der Waals surface area contributed by atoms with Crippen molar-refractivity contribution in [3.63, 3.8) is 0 Å². The van der Waals surface area contributed by atoms with Gasteiger partial charge in [-0.3, -0.25) is 4.79 Å². The van der Waals surface area contributed by atoms with Crippen molar-refractivity contribution in [3.05, 3.63) is 30.1 Å². The molecule has 6 heteroatoms. The molecule has 118 valence electrons. The summed E-state index contributed by atoms with van der Waals surface area (Å²) >= 11 is 0. The maximum Gasteiger partial charge on any atom is 0.336 e. The van der Waals surface area contributed by atoms with E-state index in [9.17, 15) is 9.18 Å². The Hall–Kier alpha value is -2.24. The third kappa shape index (κ3) is 3.69. The number of carbonyl (C=O) groups is 1. The highest BCUT2D eigenvalue weighted by atomic mass is 19.1. The Morgan fingerprint density at radius 2 is 2.05 bits per heavy atom. The molecule has 1 heterocycles. The van der Waals surface area contributed by atoms with Gasteiger partial charge in [0.2, 0.25) is 5.91 Å². The molecule has 1 aromatic heterocycles. The molecule has 2 rings (SSSR count).